The highest BCUT2D eigenvalue weighted by Crippen LogP contribution is 2.17. The number of unbranched alkanes of at least 4 members (excludes halogenated alkanes) is 7. The molecular formula is C16H33FOSi. The molecule has 1 nitrogen and oxygen atoms in total. The number of ether oxygens (including phenoxy) is 1. The predicted molar refractivity (Wildman–Crippen MR) is 86.0 cm³/mol. The maximum atomic E-state index is 13.3. The molecule has 0 rings (SSSR count). The molecule has 0 saturated carbocycles. The molecule has 114 valence electrons. The van der Waals surface area contributed by atoms with Crippen molar-refractivity contribution in [2.45, 2.75) is 77.4 Å². The third-order valence-corrected chi connectivity index (χ3v) is 4.70. The Morgan fingerprint density at radius 2 is 1.42 bits per heavy atom. The van der Waals surface area contributed by atoms with Crippen LogP contribution in [0.1, 0.15) is 58.3 Å². The van der Waals surface area contributed by atoms with Crippen LogP contribution in [0.3, 0.4) is 0 Å². The zero-order chi connectivity index (χ0) is 14.6. The Labute approximate surface area is 120 Å². The van der Waals surface area contributed by atoms with Crippen LogP contribution in [0.15, 0.2) is 12.2 Å². The van der Waals surface area contributed by atoms with Gasteiger partial charge in [0.2, 0.25) is 8.41 Å². The lowest BCUT2D eigenvalue weighted by atomic mass is 10.1. The predicted octanol–water partition coefficient (Wildman–Crippen LogP) is 5.87. The minimum atomic E-state index is -2.28. The summed E-state index contributed by atoms with van der Waals surface area (Å²) in [5.41, 5.74) is 1.10. The van der Waals surface area contributed by atoms with Crippen molar-refractivity contribution in [3.8, 4) is 0 Å². The highest BCUT2D eigenvalue weighted by atomic mass is 28.4. The summed E-state index contributed by atoms with van der Waals surface area (Å²) < 4.78 is 18.8. The Balaban J connectivity index is 3.05. The lowest BCUT2D eigenvalue weighted by molar-refractivity contribution is 0.151. The fourth-order valence-electron chi connectivity index (χ4n) is 2.06. The molecule has 0 N–H and O–H groups in total. The molecule has 0 spiro atoms. The second kappa shape index (κ2) is 11.7. The summed E-state index contributed by atoms with van der Waals surface area (Å²) in [6.07, 6.45) is 9.93. The SMILES string of the molecule is C=C(C)COCCCCCCCCCC[Si](C)(C)F. The molecule has 0 unspecified atom stereocenters. The van der Waals surface area contributed by atoms with Crippen LogP contribution in [0.25, 0.3) is 0 Å². The molecule has 0 aliphatic heterocycles. The Hall–Kier alpha value is -0.153. The first-order valence-corrected chi connectivity index (χ1v) is 10.9. The molecule has 3 heteroatoms. The van der Waals surface area contributed by atoms with E-state index in [4.69, 9.17) is 4.74 Å². The molecule has 0 heterocycles. The number of hydrogen-bond acceptors (Lipinski definition) is 1. The van der Waals surface area contributed by atoms with E-state index in [1.807, 2.05) is 20.0 Å². The summed E-state index contributed by atoms with van der Waals surface area (Å²) >= 11 is 0. The van der Waals surface area contributed by atoms with Gasteiger partial charge in [0.05, 0.1) is 6.61 Å². The van der Waals surface area contributed by atoms with Crippen molar-refractivity contribution < 1.29 is 8.84 Å². The Kier molecular flexibility index (Phi) is 11.6. The second-order valence-electron chi connectivity index (χ2n) is 6.31. The molecule has 0 aromatic heterocycles. The Morgan fingerprint density at radius 3 is 1.89 bits per heavy atom. The van der Waals surface area contributed by atoms with Gasteiger partial charge < -0.3 is 8.84 Å². The fraction of sp³-hybridized carbons (Fsp3) is 0.875. The summed E-state index contributed by atoms with van der Waals surface area (Å²) in [7, 11) is -2.28. The number of rotatable bonds is 13. The largest absolute Gasteiger partial charge is 0.377 e. The molecule has 0 saturated heterocycles. The topological polar surface area (TPSA) is 9.23 Å². The van der Waals surface area contributed by atoms with E-state index >= 15 is 0 Å². The van der Waals surface area contributed by atoms with E-state index in [1.165, 1.54) is 38.5 Å². The molecule has 0 bridgehead atoms. The first kappa shape index (κ1) is 18.8. The minimum absolute atomic E-state index is 0.703. The maximum Gasteiger partial charge on any atom is 0.240 e. The van der Waals surface area contributed by atoms with Crippen molar-refractivity contribution in [2.75, 3.05) is 13.2 Å². The third kappa shape index (κ3) is 17.8. The second-order valence-corrected chi connectivity index (χ2v) is 10.2. The van der Waals surface area contributed by atoms with E-state index in [0.717, 1.165) is 31.1 Å². The van der Waals surface area contributed by atoms with Crippen LogP contribution in [0, 0.1) is 0 Å². The normalized spacial score (nSPS) is 11.8. The highest BCUT2D eigenvalue weighted by molar-refractivity contribution is 6.70. The smallest absolute Gasteiger partial charge is 0.240 e. The van der Waals surface area contributed by atoms with Gasteiger partial charge in [-0.05, 0) is 32.5 Å². The van der Waals surface area contributed by atoms with Crippen molar-refractivity contribution in [1.82, 2.24) is 0 Å². The first-order valence-electron chi connectivity index (χ1n) is 7.83. The van der Waals surface area contributed by atoms with Crippen LogP contribution in [0.2, 0.25) is 19.1 Å². The molecule has 0 aromatic carbocycles. The molecule has 0 fully saturated rings. The van der Waals surface area contributed by atoms with E-state index in [1.54, 1.807) is 0 Å². The zero-order valence-corrected chi connectivity index (χ0v) is 14.3. The van der Waals surface area contributed by atoms with Gasteiger partial charge in [0, 0.05) is 6.61 Å². The van der Waals surface area contributed by atoms with Crippen molar-refractivity contribution in [3.63, 3.8) is 0 Å². The monoisotopic (exact) mass is 288 g/mol. The van der Waals surface area contributed by atoms with E-state index in [-0.39, 0.29) is 0 Å². The highest BCUT2D eigenvalue weighted by Gasteiger charge is 2.18. The maximum absolute atomic E-state index is 13.3. The zero-order valence-electron chi connectivity index (χ0n) is 13.3. The molecule has 0 aliphatic rings. The van der Waals surface area contributed by atoms with Gasteiger partial charge in [-0.25, -0.2) is 0 Å². The van der Waals surface area contributed by atoms with Gasteiger partial charge in [0.25, 0.3) is 0 Å². The molecule has 19 heavy (non-hydrogen) atoms. The lowest BCUT2D eigenvalue weighted by Crippen LogP contribution is -2.16. The standard InChI is InChI=1S/C16H33FOSi/c1-16(2)15-18-13-11-9-7-5-6-8-10-12-14-19(3,4)17/h1,5-15H2,2-4H3. The van der Waals surface area contributed by atoms with Crippen LogP contribution in [-0.4, -0.2) is 21.6 Å². The van der Waals surface area contributed by atoms with Gasteiger partial charge in [0.1, 0.15) is 0 Å². The summed E-state index contributed by atoms with van der Waals surface area (Å²) in [5.74, 6) is 0. The average Bonchev–Trinajstić information content (AvgIpc) is 2.28. The van der Waals surface area contributed by atoms with Crippen molar-refractivity contribution in [1.29, 1.82) is 0 Å². The van der Waals surface area contributed by atoms with Crippen LogP contribution < -0.4 is 0 Å². The fourth-order valence-corrected chi connectivity index (χ4v) is 3.15. The molecule has 0 radical (unpaired) electrons. The van der Waals surface area contributed by atoms with E-state index in [2.05, 4.69) is 6.58 Å². The van der Waals surface area contributed by atoms with E-state index in [0.29, 0.717) is 6.61 Å². The minimum Gasteiger partial charge on any atom is -0.377 e. The van der Waals surface area contributed by atoms with Gasteiger partial charge in [-0.1, -0.05) is 57.1 Å². The van der Waals surface area contributed by atoms with Crippen LogP contribution in [0.5, 0.6) is 0 Å². The van der Waals surface area contributed by atoms with Gasteiger partial charge in [-0.2, -0.15) is 0 Å². The van der Waals surface area contributed by atoms with E-state index in [9.17, 15) is 4.11 Å². The van der Waals surface area contributed by atoms with Crippen molar-refractivity contribution in [3.05, 3.63) is 12.2 Å². The Morgan fingerprint density at radius 1 is 0.947 bits per heavy atom. The molecule has 0 atom stereocenters. The summed E-state index contributed by atoms with van der Waals surface area (Å²) in [6, 6.07) is 0.840. The van der Waals surface area contributed by atoms with Crippen molar-refractivity contribution in [2.24, 2.45) is 0 Å². The van der Waals surface area contributed by atoms with Gasteiger partial charge in [-0.15, -0.1) is 0 Å². The van der Waals surface area contributed by atoms with Gasteiger partial charge in [0.15, 0.2) is 0 Å². The molecule has 0 aromatic rings. The van der Waals surface area contributed by atoms with E-state index < -0.39 is 8.41 Å². The van der Waals surface area contributed by atoms with Crippen molar-refractivity contribution >= 4 is 8.41 Å². The lowest BCUT2D eigenvalue weighted by Gasteiger charge is -2.09. The number of hydrogen-bond donors (Lipinski definition) is 0. The summed E-state index contributed by atoms with van der Waals surface area (Å²) in [4.78, 5) is 0. The summed E-state index contributed by atoms with van der Waals surface area (Å²) in [6.45, 7) is 11.0. The first-order chi connectivity index (χ1) is 8.92. The van der Waals surface area contributed by atoms with Gasteiger partial charge in [-0.3, -0.25) is 0 Å². The Bertz CT molecular complexity index is 223. The van der Waals surface area contributed by atoms with Crippen LogP contribution in [-0.2, 0) is 4.74 Å². The number of halogens is 1. The quantitative estimate of drug-likeness (QED) is 0.178. The average molecular weight is 289 g/mol. The van der Waals surface area contributed by atoms with Crippen LogP contribution in [0.4, 0.5) is 4.11 Å². The van der Waals surface area contributed by atoms with Crippen LogP contribution >= 0.6 is 0 Å². The summed E-state index contributed by atoms with van der Waals surface area (Å²) in [5, 5.41) is 0. The third-order valence-electron chi connectivity index (χ3n) is 3.16. The molecule has 0 aliphatic carbocycles. The molecular weight excluding hydrogens is 255 g/mol. The van der Waals surface area contributed by atoms with Gasteiger partial charge >= 0.3 is 0 Å². The molecule has 0 amide bonds.